The predicted molar refractivity (Wildman–Crippen MR) is 54.5 cm³/mol. The van der Waals surface area contributed by atoms with E-state index in [1.807, 2.05) is 0 Å². The Kier molecular flexibility index (Phi) is 0.977. The molecule has 1 aromatic heterocycles. The zero-order valence-corrected chi connectivity index (χ0v) is 7.86. The lowest BCUT2D eigenvalue weighted by Crippen LogP contribution is -2.28. The molecule has 2 aromatic rings. The second-order valence-electron chi connectivity index (χ2n) is 4.42. The molecular weight excluding hydrogens is 174 g/mol. The lowest BCUT2D eigenvalue weighted by molar-refractivity contribution is 0.148. The summed E-state index contributed by atoms with van der Waals surface area (Å²) in [6.45, 7) is 1.04. The first-order chi connectivity index (χ1) is 6.86. The van der Waals surface area contributed by atoms with Crippen molar-refractivity contribution >= 4 is 10.9 Å². The van der Waals surface area contributed by atoms with Gasteiger partial charge in [0.25, 0.3) is 0 Å². The minimum absolute atomic E-state index is 0.153. The average molecular weight is 185 g/mol. The highest BCUT2D eigenvalue weighted by atomic mass is 16.5. The van der Waals surface area contributed by atoms with E-state index in [2.05, 4.69) is 35.0 Å². The summed E-state index contributed by atoms with van der Waals surface area (Å²) in [5, 5.41) is 1.29. The van der Waals surface area contributed by atoms with Crippen LogP contribution in [-0.2, 0) is 6.54 Å². The molecule has 1 aliphatic carbocycles. The number of nitrogens with zero attached hydrogens (tertiary/aromatic N) is 1. The van der Waals surface area contributed by atoms with Gasteiger partial charge in [0, 0.05) is 11.6 Å². The largest absolute Gasteiger partial charge is 0.483 e. The maximum Gasteiger partial charge on any atom is 0.144 e. The first-order valence-corrected chi connectivity index (χ1v) is 5.13. The average Bonchev–Trinajstić information content (AvgIpc) is 2.79. The van der Waals surface area contributed by atoms with Crippen molar-refractivity contribution in [1.29, 1.82) is 0 Å². The van der Waals surface area contributed by atoms with Gasteiger partial charge in [0.2, 0.25) is 0 Å². The number of hydrogen-bond donors (Lipinski definition) is 0. The van der Waals surface area contributed by atoms with E-state index in [-0.39, 0.29) is 5.60 Å². The molecule has 1 fully saturated rings. The van der Waals surface area contributed by atoms with Crippen LogP contribution < -0.4 is 4.74 Å². The third-order valence-electron chi connectivity index (χ3n) is 3.34. The summed E-state index contributed by atoms with van der Waals surface area (Å²) in [6, 6.07) is 8.47. The molecule has 0 atom stereocenters. The van der Waals surface area contributed by atoms with Crippen molar-refractivity contribution in [3.05, 3.63) is 30.5 Å². The van der Waals surface area contributed by atoms with Crippen molar-refractivity contribution in [3.8, 4) is 5.75 Å². The molecule has 0 radical (unpaired) electrons. The number of hydrogen-bond acceptors (Lipinski definition) is 1. The standard InChI is InChI=1S/C12H11NO/c1-2-9-4-7-13-8-12(5-6-12)14-10(3-1)11(9)13/h1-4,7H,5-6,8H2. The monoisotopic (exact) mass is 185 g/mol. The smallest absolute Gasteiger partial charge is 0.144 e. The highest BCUT2D eigenvalue weighted by Gasteiger charge is 2.48. The maximum atomic E-state index is 6.04. The van der Waals surface area contributed by atoms with E-state index in [1.54, 1.807) is 0 Å². The van der Waals surface area contributed by atoms with Crippen LogP contribution in [-0.4, -0.2) is 10.2 Å². The second kappa shape index (κ2) is 1.97. The van der Waals surface area contributed by atoms with Crippen molar-refractivity contribution in [1.82, 2.24) is 4.57 Å². The summed E-state index contributed by atoms with van der Waals surface area (Å²) in [5.74, 6) is 1.07. The number of aromatic nitrogens is 1. The van der Waals surface area contributed by atoms with E-state index in [0.717, 1.165) is 12.3 Å². The molecule has 0 saturated heterocycles. The SMILES string of the molecule is c1cc2c3c(c1)ccn3CC1(CC1)O2. The summed E-state index contributed by atoms with van der Waals surface area (Å²) < 4.78 is 8.37. The number of para-hydroxylation sites is 1. The van der Waals surface area contributed by atoms with E-state index in [4.69, 9.17) is 4.74 Å². The zero-order valence-electron chi connectivity index (χ0n) is 7.86. The van der Waals surface area contributed by atoms with Gasteiger partial charge >= 0.3 is 0 Å². The zero-order chi connectivity index (χ0) is 9.17. The van der Waals surface area contributed by atoms with Crippen LogP contribution in [0.25, 0.3) is 10.9 Å². The Balaban J connectivity index is 2.07. The van der Waals surface area contributed by atoms with Gasteiger partial charge in [-0.25, -0.2) is 0 Å². The second-order valence-corrected chi connectivity index (χ2v) is 4.42. The van der Waals surface area contributed by atoms with Gasteiger partial charge in [0.1, 0.15) is 11.4 Å². The van der Waals surface area contributed by atoms with Crippen LogP contribution in [0.4, 0.5) is 0 Å². The fraction of sp³-hybridized carbons (Fsp3) is 0.333. The molecule has 1 aliphatic heterocycles. The van der Waals surface area contributed by atoms with Crippen molar-refractivity contribution < 1.29 is 4.74 Å². The first kappa shape index (κ1) is 6.93. The van der Waals surface area contributed by atoms with Crippen molar-refractivity contribution in [3.63, 3.8) is 0 Å². The quantitative estimate of drug-likeness (QED) is 0.615. The van der Waals surface area contributed by atoms with Crippen LogP contribution in [0.2, 0.25) is 0 Å². The highest BCUT2D eigenvalue weighted by molar-refractivity contribution is 5.86. The topological polar surface area (TPSA) is 14.2 Å². The molecule has 2 heteroatoms. The van der Waals surface area contributed by atoms with Crippen LogP contribution in [0.3, 0.4) is 0 Å². The van der Waals surface area contributed by atoms with Crippen LogP contribution in [0.1, 0.15) is 12.8 Å². The molecule has 1 spiro atoms. The number of benzene rings is 1. The molecule has 0 unspecified atom stereocenters. The minimum atomic E-state index is 0.153. The van der Waals surface area contributed by atoms with Crippen molar-refractivity contribution in [2.24, 2.45) is 0 Å². The summed E-state index contributed by atoms with van der Waals surface area (Å²) >= 11 is 0. The molecule has 2 heterocycles. The van der Waals surface area contributed by atoms with Crippen LogP contribution in [0.5, 0.6) is 5.75 Å². The van der Waals surface area contributed by atoms with Gasteiger partial charge in [-0.05, 0) is 25.0 Å². The van der Waals surface area contributed by atoms with Gasteiger partial charge in [-0.2, -0.15) is 0 Å². The molecule has 2 nitrogen and oxygen atoms in total. The van der Waals surface area contributed by atoms with Crippen LogP contribution in [0, 0.1) is 0 Å². The number of ether oxygens (including phenoxy) is 1. The minimum Gasteiger partial charge on any atom is -0.483 e. The lowest BCUT2D eigenvalue weighted by Gasteiger charge is -2.25. The fourth-order valence-corrected chi connectivity index (χ4v) is 2.42. The van der Waals surface area contributed by atoms with Gasteiger partial charge < -0.3 is 9.30 Å². The Morgan fingerprint density at radius 3 is 3.00 bits per heavy atom. The first-order valence-electron chi connectivity index (χ1n) is 5.13. The van der Waals surface area contributed by atoms with Gasteiger partial charge in [0.05, 0.1) is 12.1 Å². The summed E-state index contributed by atoms with van der Waals surface area (Å²) in [6.07, 6.45) is 4.60. The molecule has 14 heavy (non-hydrogen) atoms. The van der Waals surface area contributed by atoms with E-state index >= 15 is 0 Å². The molecule has 1 saturated carbocycles. The van der Waals surface area contributed by atoms with Gasteiger partial charge in [-0.1, -0.05) is 12.1 Å². The lowest BCUT2D eigenvalue weighted by atomic mass is 10.2. The Labute approximate surface area is 82.1 Å². The Morgan fingerprint density at radius 2 is 2.14 bits per heavy atom. The van der Waals surface area contributed by atoms with Crippen LogP contribution in [0.15, 0.2) is 30.5 Å². The van der Waals surface area contributed by atoms with Crippen molar-refractivity contribution in [2.75, 3.05) is 0 Å². The van der Waals surface area contributed by atoms with E-state index in [1.165, 1.54) is 23.7 Å². The molecule has 4 rings (SSSR count). The Bertz CT molecular complexity index is 522. The summed E-state index contributed by atoms with van der Waals surface area (Å²) in [7, 11) is 0. The molecule has 0 amide bonds. The van der Waals surface area contributed by atoms with Gasteiger partial charge in [-0.15, -0.1) is 0 Å². The Hall–Kier alpha value is -1.44. The highest BCUT2D eigenvalue weighted by Crippen LogP contribution is 2.47. The van der Waals surface area contributed by atoms with Crippen LogP contribution >= 0.6 is 0 Å². The fourth-order valence-electron chi connectivity index (χ4n) is 2.42. The number of rotatable bonds is 0. The normalized spacial score (nSPS) is 21.1. The Morgan fingerprint density at radius 1 is 1.21 bits per heavy atom. The predicted octanol–water partition coefficient (Wildman–Crippen LogP) is 2.57. The molecule has 0 N–H and O–H groups in total. The summed E-state index contributed by atoms with van der Waals surface area (Å²) in [5.41, 5.74) is 1.42. The molecular formula is C12H11NO. The molecule has 70 valence electrons. The van der Waals surface area contributed by atoms with E-state index in [0.29, 0.717) is 0 Å². The van der Waals surface area contributed by atoms with E-state index in [9.17, 15) is 0 Å². The maximum absolute atomic E-state index is 6.04. The summed E-state index contributed by atoms with van der Waals surface area (Å²) in [4.78, 5) is 0. The molecule has 0 bridgehead atoms. The van der Waals surface area contributed by atoms with Crippen molar-refractivity contribution in [2.45, 2.75) is 25.0 Å². The molecule has 1 aromatic carbocycles. The third-order valence-corrected chi connectivity index (χ3v) is 3.34. The van der Waals surface area contributed by atoms with Gasteiger partial charge in [-0.3, -0.25) is 0 Å². The van der Waals surface area contributed by atoms with Gasteiger partial charge in [0.15, 0.2) is 0 Å². The molecule has 2 aliphatic rings. The third kappa shape index (κ3) is 0.722. The van der Waals surface area contributed by atoms with E-state index < -0.39 is 0 Å².